The van der Waals surface area contributed by atoms with E-state index in [9.17, 15) is 14.0 Å². The summed E-state index contributed by atoms with van der Waals surface area (Å²) in [4.78, 5) is 24.3. The first-order valence-electron chi connectivity index (χ1n) is 10.2. The molecule has 7 heteroatoms. The molecular weight excluding hydrogens is 413 g/mol. The van der Waals surface area contributed by atoms with Crippen LogP contribution in [0.4, 0.5) is 10.1 Å². The number of aryl methyl sites for hydroxylation is 1. The molecule has 6 nitrogen and oxygen atoms in total. The first-order valence-corrected chi connectivity index (χ1v) is 10.2. The number of ether oxygens (including phenoxy) is 2. The zero-order chi connectivity index (χ0) is 22.5. The molecule has 1 saturated carbocycles. The van der Waals surface area contributed by atoms with Gasteiger partial charge in [0.2, 0.25) is 12.7 Å². The van der Waals surface area contributed by atoms with Gasteiger partial charge in [0, 0.05) is 5.69 Å². The average molecular weight is 433 g/mol. The van der Waals surface area contributed by atoms with Crippen molar-refractivity contribution in [1.82, 2.24) is 0 Å². The van der Waals surface area contributed by atoms with E-state index in [-0.39, 0.29) is 18.3 Å². The number of carboxylic acid groups (broad SMARTS) is 1. The van der Waals surface area contributed by atoms with Gasteiger partial charge >= 0.3 is 5.97 Å². The molecule has 3 aromatic carbocycles. The number of aromatic carboxylic acids is 1. The van der Waals surface area contributed by atoms with Crippen molar-refractivity contribution in [2.75, 3.05) is 12.1 Å². The standard InChI is InChI=1S/C25H20FNO5/c1-14-2-5-17(12-19(14)15-3-6-18(23(28)29)20(26)10-15)27-24(30)25(8-9-25)16-4-7-21-22(11-16)32-13-31-21/h2-7,10-12H,8-9,13H2,1H3,(H,27,30)(H,28,29). The number of carbonyl (C=O) groups is 2. The molecule has 1 aliphatic heterocycles. The number of hydrogen-bond donors (Lipinski definition) is 2. The Morgan fingerprint density at radius 2 is 1.78 bits per heavy atom. The van der Waals surface area contributed by atoms with Crippen molar-refractivity contribution in [2.24, 2.45) is 0 Å². The van der Waals surface area contributed by atoms with Gasteiger partial charge in [0.25, 0.3) is 0 Å². The van der Waals surface area contributed by atoms with Crippen LogP contribution in [0.25, 0.3) is 11.1 Å². The molecule has 1 heterocycles. The Labute approximate surface area is 183 Å². The number of halogens is 1. The molecule has 32 heavy (non-hydrogen) atoms. The number of hydrogen-bond acceptors (Lipinski definition) is 4. The van der Waals surface area contributed by atoms with E-state index in [2.05, 4.69) is 5.32 Å². The van der Waals surface area contributed by atoms with Crippen LogP contribution in [0.3, 0.4) is 0 Å². The third kappa shape index (κ3) is 3.36. The number of fused-ring (bicyclic) bond motifs is 1. The van der Waals surface area contributed by atoms with Crippen LogP contribution in [0.1, 0.15) is 34.3 Å². The smallest absolute Gasteiger partial charge is 0.338 e. The van der Waals surface area contributed by atoms with Crippen molar-refractivity contribution in [2.45, 2.75) is 25.2 Å². The van der Waals surface area contributed by atoms with Crippen LogP contribution in [0.15, 0.2) is 54.6 Å². The average Bonchev–Trinajstić information content (AvgIpc) is 3.45. The second-order valence-corrected chi connectivity index (χ2v) is 8.13. The third-order valence-electron chi connectivity index (χ3n) is 6.12. The van der Waals surface area contributed by atoms with E-state index >= 15 is 0 Å². The van der Waals surface area contributed by atoms with Crippen molar-refractivity contribution in [3.05, 3.63) is 77.1 Å². The van der Waals surface area contributed by atoms with Gasteiger partial charge in [0.1, 0.15) is 5.82 Å². The van der Waals surface area contributed by atoms with Gasteiger partial charge in [-0.3, -0.25) is 4.79 Å². The van der Waals surface area contributed by atoms with E-state index < -0.39 is 17.2 Å². The lowest BCUT2D eigenvalue weighted by Gasteiger charge is -2.17. The topological polar surface area (TPSA) is 84.9 Å². The molecule has 2 N–H and O–H groups in total. The van der Waals surface area contributed by atoms with Crippen LogP contribution >= 0.6 is 0 Å². The summed E-state index contributed by atoms with van der Waals surface area (Å²) in [7, 11) is 0. The zero-order valence-electron chi connectivity index (χ0n) is 17.3. The third-order valence-corrected chi connectivity index (χ3v) is 6.12. The molecule has 0 atom stereocenters. The van der Waals surface area contributed by atoms with E-state index in [1.54, 1.807) is 18.2 Å². The SMILES string of the molecule is Cc1ccc(NC(=O)C2(c3ccc4c(c3)OCO4)CC2)cc1-c1ccc(C(=O)O)c(F)c1. The molecule has 0 spiro atoms. The number of carbonyl (C=O) groups excluding carboxylic acids is 1. The quantitative estimate of drug-likeness (QED) is 0.598. The Kier molecular flexibility index (Phi) is 4.62. The lowest BCUT2D eigenvalue weighted by Crippen LogP contribution is -2.27. The van der Waals surface area contributed by atoms with Gasteiger partial charge < -0.3 is 19.9 Å². The zero-order valence-corrected chi connectivity index (χ0v) is 17.3. The lowest BCUT2D eigenvalue weighted by molar-refractivity contribution is -0.118. The van der Waals surface area contributed by atoms with Crippen LogP contribution in [0.2, 0.25) is 0 Å². The van der Waals surface area contributed by atoms with E-state index in [0.717, 1.165) is 24.0 Å². The number of nitrogens with one attached hydrogen (secondary N) is 1. The van der Waals surface area contributed by atoms with Crippen molar-refractivity contribution >= 4 is 17.6 Å². The molecule has 162 valence electrons. The largest absolute Gasteiger partial charge is 0.478 e. The number of carboxylic acids is 1. The summed E-state index contributed by atoms with van der Waals surface area (Å²) in [6.45, 7) is 2.05. The monoisotopic (exact) mass is 433 g/mol. The molecule has 1 fully saturated rings. The summed E-state index contributed by atoms with van der Waals surface area (Å²) in [6.07, 6.45) is 1.47. The van der Waals surface area contributed by atoms with Crippen LogP contribution in [-0.4, -0.2) is 23.8 Å². The van der Waals surface area contributed by atoms with E-state index in [1.807, 2.05) is 31.2 Å². The van der Waals surface area contributed by atoms with Gasteiger partial charge in [-0.1, -0.05) is 18.2 Å². The second kappa shape index (κ2) is 7.37. The normalized spacial score (nSPS) is 15.3. The summed E-state index contributed by atoms with van der Waals surface area (Å²) < 4.78 is 25.0. The first-order chi connectivity index (χ1) is 15.4. The minimum atomic E-state index is -1.31. The second-order valence-electron chi connectivity index (χ2n) is 8.13. The Balaban J connectivity index is 1.41. The van der Waals surface area contributed by atoms with Crippen LogP contribution in [0.5, 0.6) is 11.5 Å². The molecule has 5 rings (SSSR count). The van der Waals surface area contributed by atoms with Gasteiger partial charge in [-0.15, -0.1) is 0 Å². The van der Waals surface area contributed by atoms with Crippen molar-refractivity contribution in [3.63, 3.8) is 0 Å². The maximum Gasteiger partial charge on any atom is 0.338 e. The summed E-state index contributed by atoms with van der Waals surface area (Å²) in [6, 6.07) is 15.0. The van der Waals surface area contributed by atoms with Gasteiger partial charge in [-0.2, -0.15) is 0 Å². The molecule has 3 aromatic rings. The van der Waals surface area contributed by atoms with Crippen molar-refractivity contribution in [1.29, 1.82) is 0 Å². The molecular formula is C25H20FNO5. The predicted octanol–water partition coefficient (Wildman–Crippen LogP) is 4.90. The molecule has 2 aliphatic rings. The Bertz CT molecular complexity index is 1270. The van der Waals surface area contributed by atoms with Crippen LogP contribution in [0, 0.1) is 12.7 Å². The Morgan fingerprint density at radius 3 is 2.50 bits per heavy atom. The van der Waals surface area contributed by atoms with Crippen LogP contribution < -0.4 is 14.8 Å². The molecule has 1 aliphatic carbocycles. The van der Waals surface area contributed by atoms with Gasteiger partial charge in [-0.25, -0.2) is 9.18 Å². The number of anilines is 1. The summed E-state index contributed by atoms with van der Waals surface area (Å²) in [5.74, 6) is -0.910. The maximum absolute atomic E-state index is 14.2. The van der Waals surface area contributed by atoms with Gasteiger partial charge in [0.15, 0.2) is 11.5 Å². The Morgan fingerprint density at radius 1 is 1.00 bits per heavy atom. The summed E-state index contributed by atoms with van der Waals surface area (Å²) >= 11 is 0. The van der Waals surface area contributed by atoms with Gasteiger partial charge in [-0.05, 0) is 78.4 Å². The highest BCUT2D eigenvalue weighted by Gasteiger charge is 2.51. The highest BCUT2D eigenvalue weighted by atomic mass is 19.1. The molecule has 0 aromatic heterocycles. The van der Waals surface area contributed by atoms with Crippen molar-refractivity contribution in [3.8, 4) is 22.6 Å². The van der Waals surface area contributed by atoms with Crippen LogP contribution in [-0.2, 0) is 10.2 Å². The minimum Gasteiger partial charge on any atom is -0.478 e. The van der Waals surface area contributed by atoms with E-state index in [1.165, 1.54) is 12.1 Å². The predicted molar refractivity (Wildman–Crippen MR) is 116 cm³/mol. The fraction of sp³-hybridized carbons (Fsp3) is 0.200. The van der Waals surface area contributed by atoms with E-state index in [4.69, 9.17) is 14.6 Å². The highest BCUT2D eigenvalue weighted by Crippen LogP contribution is 2.51. The van der Waals surface area contributed by atoms with Crippen molar-refractivity contribution < 1.29 is 28.6 Å². The number of benzene rings is 3. The van der Waals surface area contributed by atoms with Gasteiger partial charge in [0.05, 0.1) is 11.0 Å². The first kappa shape index (κ1) is 20.1. The van der Waals surface area contributed by atoms with E-state index in [0.29, 0.717) is 28.3 Å². The molecule has 0 bridgehead atoms. The minimum absolute atomic E-state index is 0.112. The molecule has 0 radical (unpaired) electrons. The lowest BCUT2D eigenvalue weighted by atomic mass is 9.94. The number of amides is 1. The summed E-state index contributed by atoms with van der Waals surface area (Å²) in [5, 5.41) is 12.0. The fourth-order valence-electron chi connectivity index (χ4n) is 4.08. The molecule has 0 saturated heterocycles. The fourth-order valence-corrected chi connectivity index (χ4v) is 4.08. The molecule has 1 amide bonds. The Hall–Kier alpha value is -3.87. The highest BCUT2D eigenvalue weighted by molar-refractivity contribution is 6.02. The molecule has 0 unspecified atom stereocenters. The maximum atomic E-state index is 14.2. The summed E-state index contributed by atoms with van der Waals surface area (Å²) in [5.41, 5.74) is 2.62. The number of rotatable bonds is 5.